The van der Waals surface area contributed by atoms with Crippen LogP contribution in [0.4, 0.5) is 4.79 Å². The molecular formula is C25H39N3O5. The van der Waals surface area contributed by atoms with Crippen LogP contribution < -0.4 is 10.6 Å². The molecule has 2 rings (SSSR count). The zero-order valence-corrected chi connectivity index (χ0v) is 20.7. The molecule has 1 aromatic rings. The summed E-state index contributed by atoms with van der Waals surface area (Å²) in [6.07, 6.45) is 0.103. The van der Waals surface area contributed by atoms with E-state index in [1.807, 2.05) is 51.1 Å². The van der Waals surface area contributed by atoms with E-state index in [9.17, 15) is 19.5 Å². The van der Waals surface area contributed by atoms with E-state index in [4.69, 9.17) is 4.74 Å². The van der Waals surface area contributed by atoms with Crippen LogP contribution in [0, 0.1) is 0 Å². The van der Waals surface area contributed by atoms with Gasteiger partial charge in [-0.15, -0.1) is 0 Å². The Morgan fingerprint density at radius 2 is 1.73 bits per heavy atom. The Morgan fingerprint density at radius 3 is 2.30 bits per heavy atom. The van der Waals surface area contributed by atoms with E-state index in [0.29, 0.717) is 13.0 Å². The minimum absolute atomic E-state index is 0.234. The Labute approximate surface area is 197 Å². The predicted molar refractivity (Wildman–Crippen MR) is 127 cm³/mol. The first-order chi connectivity index (χ1) is 15.3. The normalized spacial score (nSPS) is 18.8. The first kappa shape index (κ1) is 26.6. The number of carbonyl (C=O) groups is 3. The molecule has 0 radical (unpaired) electrons. The van der Waals surface area contributed by atoms with Crippen molar-refractivity contribution in [3.8, 4) is 0 Å². The quantitative estimate of drug-likeness (QED) is 0.604. The maximum atomic E-state index is 13.4. The number of alkyl carbamates (subject to hydrolysis) is 1. The van der Waals surface area contributed by atoms with E-state index in [0.717, 1.165) is 18.4 Å². The van der Waals surface area contributed by atoms with Crippen molar-refractivity contribution in [1.82, 2.24) is 15.5 Å². The fourth-order valence-corrected chi connectivity index (χ4v) is 3.83. The summed E-state index contributed by atoms with van der Waals surface area (Å²) in [6, 6.07) is 7.73. The Kier molecular flexibility index (Phi) is 8.89. The van der Waals surface area contributed by atoms with Gasteiger partial charge in [0.05, 0.1) is 6.04 Å². The number of nitrogens with one attached hydrogen (secondary N) is 2. The van der Waals surface area contributed by atoms with E-state index >= 15 is 0 Å². The Hall–Kier alpha value is -2.61. The standard InChI is InChI=1S/C25H39N3O5/c1-24(2,3)27-21(30)19-14-10-11-15-28(19)22(31)20(29)18(16-17-12-8-7-9-13-17)26-23(32)33-25(4,5)6/h7-9,12-13,18-20,29H,10-11,14-16H2,1-6H3,(H,26,32)(H,27,30)/t18-,19-,20-/m0/s1. The molecule has 3 amide bonds. The van der Waals surface area contributed by atoms with Crippen molar-refractivity contribution >= 4 is 17.9 Å². The van der Waals surface area contributed by atoms with E-state index in [1.165, 1.54) is 4.90 Å². The minimum atomic E-state index is -1.53. The number of nitrogens with zero attached hydrogens (tertiary/aromatic N) is 1. The van der Waals surface area contributed by atoms with E-state index in [1.54, 1.807) is 20.8 Å². The average Bonchev–Trinajstić information content (AvgIpc) is 2.70. The molecule has 0 aromatic heterocycles. The number of ether oxygens (including phenoxy) is 1. The maximum absolute atomic E-state index is 13.4. The Morgan fingerprint density at radius 1 is 1.09 bits per heavy atom. The number of aliphatic hydroxyl groups is 1. The summed E-state index contributed by atoms with van der Waals surface area (Å²) in [5.41, 5.74) is -0.305. The molecular weight excluding hydrogens is 422 g/mol. The number of piperidine rings is 1. The number of hydrogen-bond acceptors (Lipinski definition) is 5. The molecule has 0 aliphatic carbocycles. The number of aliphatic hydroxyl groups excluding tert-OH is 1. The lowest BCUT2D eigenvalue weighted by molar-refractivity contribution is -0.150. The molecule has 1 heterocycles. The van der Waals surface area contributed by atoms with Gasteiger partial charge in [-0.05, 0) is 72.8 Å². The van der Waals surface area contributed by atoms with Crippen LogP contribution in [-0.4, -0.2) is 63.8 Å². The summed E-state index contributed by atoms with van der Waals surface area (Å²) in [5.74, 6) is -0.803. The number of likely N-dealkylation sites (tertiary alicyclic amines) is 1. The second-order valence-corrected chi connectivity index (χ2v) is 10.7. The van der Waals surface area contributed by atoms with Gasteiger partial charge in [0, 0.05) is 12.1 Å². The Balaban J connectivity index is 2.22. The molecule has 3 atom stereocenters. The van der Waals surface area contributed by atoms with Crippen LogP contribution in [-0.2, 0) is 20.7 Å². The molecule has 8 heteroatoms. The van der Waals surface area contributed by atoms with Crippen LogP contribution in [0.1, 0.15) is 66.4 Å². The summed E-state index contributed by atoms with van der Waals surface area (Å²) in [5, 5.41) is 16.7. The smallest absolute Gasteiger partial charge is 0.407 e. The van der Waals surface area contributed by atoms with Gasteiger partial charge < -0.3 is 25.4 Å². The summed E-state index contributed by atoms with van der Waals surface area (Å²) in [4.78, 5) is 40.2. The lowest BCUT2D eigenvalue weighted by Crippen LogP contribution is -2.60. The second-order valence-electron chi connectivity index (χ2n) is 10.7. The van der Waals surface area contributed by atoms with Gasteiger partial charge in [-0.3, -0.25) is 9.59 Å². The summed E-state index contributed by atoms with van der Waals surface area (Å²) < 4.78 is 5.35. The van der Waals surface area contributed by atoms with Gasteiger partial charge in [0.15, 0.2) is 6.10 Å². The number of amides is 3. The Bertz CT molecular complexity index is 814. The summed E-state index contributed by atoms with van der Waals surface area (Å²) in [7, 11) is 0. The van der Waals surface area contributed by atoms with Gasteiger partial charge in [-0.25, -0.2) is 4.79 Å². The SMILES string of the molecule is CC(C)(C)NC(=O)[C@@H]1CCCCN1C(=O)[C@@H](O)[C@H](Cc1ccccc1)NC(=O)OC(C)(C)C. The third-order valence-electron chi connectivity index (χ3n) is 5.22. The van der Waals surface area contributed by atoms with Crippen molar-refractivity contribution in [2.24, 2.45) is 0 Å². The van der Waals surface area contributed by atoms with Crippen LogP contribution in [0.3, 0.4) is 0 Å². The third-order valence-corrected chi connectivity index (χ3v) is 5.22. The van der Waals surface area contributed by atoms with Crippen LogP contribution >= 0.6 is 0 Å². The zero-order chi connectivity index (χ0) is 24.8. The first-order valence-electron chi connectivity index (χ1n) is 11.6. The fourth-order valence-electron chi connectivity index (χ4n) is 3.83. The van der Waals surface area contributed by atoms with Crippen LogP contribution in [0.5, 0.6) is 0 Å². The van der Waals surface area contributed by atoms with Gasteiger partial charge in [0.2, 0.25) is 5.91 Å². The highest BCUT2D eigenvalue weighted by molar-refractivity contribution is 5.90. The van der Waals surface area contributed by atoms with Crippen molar-refractivity contribution in [1.29, 1.82) is 0 Å². The summed E-state index contributed by atoms with van der Waals surface area (Å²) in [6.45, 7) is 11.3. The lowest BCUT2D eigenvalue weighted by atomic mass is 9.96. The number of rotatable bonds is 6. The van der Waals surface area contributed by atoms with Crippen molar-refractivity contribution in [3.63, 3.8) is 0 Å². The largest absolute Gasteiger partial charge is 0.444 e. The highest BCUT2D eigenvalue weighted by Gasteiger charge is 2.39. The maximum Gasteiger partial charge on any atom is 0.407 e. The first-order valence-corrected chi connectivity index (χ1v) is 11.6. The molecule has 1 saturated heterocycles. The van der Waals surface area contributed by atoms with Crippen LogP contribution in [0.2, 0.25) is 0 Å². The molecule has 1 aromatic carbocycles. The van der Waals surface area contributed by atoms with Gasteiger partial charge in [-0.2, -0.15) is 0 Å². The highest BCUT2D eigenvalue weighted by Crippen LogP contribution is 2.21. The van der Waals surface area contributed by atoms with E-state index < -0.39 is 41.3 Å². The second kappa shape index (κ2) is 11.0. The summed E-state index contributed by atoms with van der Waals surface area (Å²) >= 11 is 0. The molecule has 33 heavy (non-hydrogen) atoms. The molecule has 0 spiro atoms. The lowest BCUT2D eigenvalue weighted by Gasteiger charge is -2.38. The van der Waals surface area contributed by atoms with Crippen molar-refractivity contribution in [2.45, 2.75) is 96.6 Å². The molecule has 3 N–H and O–H groups in total. The van der Waals surface area contributed by atoms with E-state index in [-0.39, 0.29) is 12.3 Å². The molecule has 1 aliphatic heterocycles. The van der Waals surface area contributed by atoms with Gasteiger partial charge in [0.1, 0.15) is 11.6 Å². The molecule has 0 bridgehead atoms. The molecule has 0 saturated carbocycles. The molecule has 184 valence electrons. The third kappa shape index (κ3) is 8.68. The van der Waals surface area contributed by atoms with Crippen LogP contribution in [0.25, 0.3) is 0 Å². The topological polar surface area (TPSA) is 108 Å². The van der Waals surface area contributed by atoms with Gasteiger partial charge >= 0.3 is 6.09 Å². The highest BCUT2D eigenvalue weighted by atomic mass is 16.6. The van der Waals surface area contributed by atoms with Crippen molar-refractivity contribution in [2.75, 3.05) is 6.54 Å². The van der Waals surface area contributed by atoms with Crippen molar-refractivity contribution < 1.29 is 24.2 Å². The van der Waals surface area contributed by atoms with Gasteiger partial charge in [0.25, 0.3) is 5.91 Å². The monoisotopic (exact) mass is 461 g/mol. The fraction of sp³-hybridized carbons (Fsp3) is 0.640. The number of hydrogen-bond donors (Lipinski definition) is 3. The average molecular weight is 462 g/mol. The molecule has 0 unspecified atom stereocenters. The number of benzene rings is 1. The molecule has 1 fully saturated rings. The zero-order valence-electron chi connectivity index (χ0n) is 20.7. The predicted octanol–water partition coefficient (Wildman–Crippen LogP) is 2.78. The number of carbonyl (C=O) groups excluding carboxylic acids is 3. The van der Waals surface area contributed by atoms with E-state index in [2.05, 4.69) is 10.6 Å². The molecule has 8 nitrogen and oxygen atoms in total. The molecule has 1 aliphatic rings. The minimum Gasteiger partial charge on any atom is -0.444 e. The van der Waals surface area contributed by atoms with Crippen molar-refractivity contribution in [3.05, 3.63) is 35.9 Å². The van der Waals surface area contributed by atoms with Gasteiger partial charge in [-0.1, -0.05) is 30.3 Å². The van der Waals surface area contributed by atoms with Crippen LogP contribution in [0.15, 0.2) is 30.3 Å².